The first-order valence-electron chi connectivity index (χ1n) is 11.2. The second kappa shape index (κ2) is 9.53. The Morgan fingerprint density at radius 1 is 0.735 bits per heavy atom. The van der Waals surface area contributed by atoms with E-state index in [0.29, 0.717) is 18.7 Å². The van der Waals surface area contributed by atoms with Gasteiger partial charge in [0.2, 0.25) is 10.0 Å². The number of hydrogen-bond acceptors (Lipinski definition) is 3. The van der Waals surface area contributed by atoms with Crippen LogP contribution in [0.25, 0.3) is 22.4 Å². The molecule has 1 heterocycles. The second-order valence-electron chi connectivity index (χ2n) is 8.23. The molecule has 5 aromatic rings. The minimum absolute atomic E-state index is 0.0216. The largest absolute Gasteiger partial charge is 0.319 e. The fourth-order valence-corrected chi connectivity index (χ4v) is 5.16. The smallest absolute Gasteiger partial charge is 0.233 e. The third-order valence-electron chi connectivity index (χ3n) is 5.73. The molecule has 0 aliphatic carbocycles. The Labute approximate surface area is 199 Å². The molecule has 0 aliphatic rings. The van der Waals surface area contributed by atoms with Crippen LogP contribution in [0.4, 0.5) is 5.69 Å². The van der Waals surface area contributed by atoms with Crippen molar-refractivity contribution in [1.82, 2.24) is 9.55 Å². The fourth-order valence-electron chi connectivity index (χ4n) is 4.07. The summed E-state index contributed by atoms with van der Waals surface area (Å²) in [5.74, 6) is 0.823. The van der Waals surface area contributed by atoms with Gasteiger partial charge < -0.3 is 4.57 Å². The van der Waals surface area contributed by atoms with E-state index in [1.165, 1.54) is 5.56 Å². The van der Waals surface area contributed by atoms with Crippen LogP contribution in [0, 0.1) is 0 Å². The summed E-state index contributed by atoms with van der Waals surface area (Å²) in [5.41, 5.74) is 5.50. The minimum atomic E-state index is -3.49. The first kappa shape index (κ1) is 21.9. The molecule has 5 nitrogen and oxygen atoms in total. The van der Waals surface area contributed by atoms with E-state index in [9.17, 15) is 8.42 Å². The van der Waals surface area contributed by atoms with Crippen molar-refractivity contribution < 1.29 is 8.42 Å². The zero-order chi connectivity index (χ0) is 23.4. The van der Waals surface area contributed by atoms with Gasteiger partial charge in [-0.2, -0.15) is 0 Å². The molecular formula is C28H25N3O2S. The Hall–Kier alpha value is -3.90. The number of hydrogen-bond donors (Lipinski definition) is 1. The molecule has 0 fully saturated rings. The summed E-state index contributed by atoms with van der Waals surface area (Å²) >= 11 is 0. The highest BCUT2D eigenvalue weighted by Gasteiger charge is 2.15. The summed E-state index contributed by atoms with van der Waals surface area (Å²) in [4.78, 5) is 4.88. The van der Waals surface area contributed by atoms with Crippen molar-refractivity contribution in [3.63, 3.8) is 0 Å². The molecule has 170 valence electrons. The molecule has 1 aromatic heterocycles. The maximum atomic E-state index is 12.7. The van der Waals surface area contributed by atoms with Gasteiger partial charge >= 0.3 is 0 Å². The summed E-state index contributed by atoms with van der Waals surface area (Å²) in [6.45, 7) is 0.670. The predicted octanol–water partition coefficient (Wildman–Crippen LogP) is 5.74. The topological polar surface area (TPSA) is 64.0 Å². The highest BCUT2D eigenvalue weighted by molar-refractivity contribution is 7.92. The number of imidazole rings is 1. The van der Waals surface area contributed by atoms with Gasteiger partial charge in [0, 0.05) is 17.8 Å². The third-order valence-corrected chi connectivity index (χ3v) is 7.02. The maximum absolute atomic E-state index is 12.7. The van der Waals surface area contributed by atoms with E-state index < -0.39 is 10.0 Å². The monoisotopic (exact) mass is 467 g/mol. The van der Waals surface area contributed by atoms with Crippen molar-refractivity contribution in [2.24, 2.45) is 0 Å². The van der Waals surface area contributed by atoms with Crippen LogP contribution >= 0.6 is 0 Å². The molecule has 5 rings (SSSR count). The van der Waals surface area contributed by atoms with Crippen LogP contribution in [0.5, 0.6) is 0 Å². The van der Waals surface area contributed by atoms with Crippen LogP contribution < -0.4 is 4.72 Å². The number of anilines is 1. The molecule has 0 aliphatic heterocycles. The van der Waals surface area contributed by atoms with Gasteiger partial charge in [-0.1, -0.05) is 84.9 Å². The molecule has 34 heavy (non-hydrogen) atoms. The number of fused-ring (bicyclic) bond motifs is 1. The van der Waals surface area contributed by atoms with E-state index in [2.05, 4.69) is 27.5 Å². The van der Waals surface area contributed by atoms with Crippen molar-refractivity contribution in [2.45, 2.75) is 13.0 Å². The lowest BCUT2D eigenvalue weighted by molar-refractivity contribution is 0.600. The van der Waals surface area contributed by atoms with E-state index in [1.807, 2.05) is 84.9 Å². The van der Waals surface area contributed by atoms with E-state index in [-0.39, 0.29) is 5.75 Å². The van der Waals surface area contributed by atoms with Gasteiger partial charge in [-0.15, -0.1) is 0 Å². The molecule has 0 saturated heterocycles. The quantitative estimate of drug-likeness (QED) is 0.317. The van der Waals surface area contributed by atoms with Gasteiger partial charge in [0.05, 0.1) is 16.8 Å². The van der Waals surface area contributed by atoms with Gasteiger partial charge in [0.25, 0.3) is 0 Å². The predicted molar refractivity (Wildman–Crippen MR) is 138 cm³/mol. The van der Waals surface area contributed by atoms with Crippen molar-refractivity contribution >= 4 is 26.7 Å². The van der Waals surface area contributed by atoms with Crippen LogP contribution in [0.1, 0.15) is 11.1 Å². The first-order valence-corrected chi connectivity index (χ1v) is 12.9. The van der Waals surface area contributed by atoms with Crippen LogP contribution in [0.15, 0.2) is 109 Å². The molecule has 6 heteroatoms. The number of aryl methyl sites for hydroxylation is 1. The molecule has 0 spiro atoms. The molecule has 1 N–H and O–H groups in total. The summed E-state index contributed by atoms with van der Waals surface area (Å²) in [5, 5.41) is 0. The number of aromatic nitrogens is 2. The number of benzene rings is 4. The highest BCUT2D eigenvalue weighted by Crippen LogP contribution is 2.28. The lowest BCUT2D eigenvalue weighted by Gasteiger charge is -2.12. The van der Waals surface area contributed by atoms with Crippen molar-refractivity contribution in [3.8, 4) is 11.4 Å². The van der Waals surface area contributed by atoms with Gasteiger partial charge in [0.1, 0.15) is 5.82 Å². The first-order chi connectivity index (χ1) is 16.6. The molecule has 0 atom stereocenters. The molecule has 4 aromatic carbocycles. The lowest BCUT2D eigenvalue weighted by Crippen LogP contribution is -2.18. The second-order valence-corrected chi connectivity index (χ2v) is 10.1. The Morgan fingerprint density at radius 3 is 2.18 bits per heavy atom. The standard InChI is InChI=1S/C28H25N3O2S/c32-34(33,19-18-22-10-3-1-4-11-22)30-25-15-9-14-24(20-25)28-29-26-16-7-8-17-27(26)31(28)21-23-12-5-2-6-13-23/h1-17,20,30H,18-19,21H2. The SMILES string of the molecule is O=S(=O)(CCc1ccccc1)Nc1cccc(-c2nc3ccccc3n2Cc2ccccc2)c1. The normalized spacial score (nSPS) is 11.5. The number of rotatable bonds is 8. The Kier molecular flexibility index (Phi) is 6.14. The average Bonchev–Trinajstić information content (AvgIpc) is 3.22. The molecular weight excluding hydrogens is 442 g/mol. The van der Waals surface area contributed by atoms with E-state index >= 15 is 0 Å². The van der Waals surface area contributed by atoms with Crippen LogP contribution in [0.3, 0.4) is 0 Å². The zero-order valence-corrected chi connectivity index (χ0v) is 19.4. The summed E-state index contributed by atoms with van der Waals surface area (Å²) < 4.78 is 30.4. The third kappa shape index (κ3) is 5.02. The van der Waals surface area contributed by atoms with Crippen molar-refractivity contribution in [3.05, 3.63) is 120 Å². The fraction of sp³-hybridized carbons (Fsp3) is 0.107. The Bertz CT molecular complexity index is 1510. The lowest BCUT2D eigenvalue weighted by atomic mass is 10.1. The molecule has 0 amide bonds. The van der Waals surface area contributed by atoms with Crippen LogP contribution in [-0.4, -0.2) is 23.7 Å². The van der Waals surface area contributed by atoms with Crippen molar-refractivity contribution in [1.29, 1.82) is 0 Å². The number of sulfonamides is 1. The average molecular weight is 468 g/mol. The van der Waals surface area contributed by atoms with E-state index in [1.54, 1.807) is 6.07 Å². The number of para-hydroxylation sites is 2. The Morgan fingerprint density at radius 2 is 1.41 bits per heavy atom. The summed E-state index contributed by atoms with van der Waals surface area (Å²) in [7, 11) is -3.49. The number of nitrogens with one attached hydrogen (secondary N) is 1. The van der Waals surface area contributed by atoms with E-state index in [0.717, 1.165) is 28.0 Å². The van der Waals surface area contributed by atoms with Crippen molar-refractivity contribution in [2.75, 3.05) is 10.5 Å². The summed E-state index contributed by atoms with van der Waals surface area (Å²) in [6.07, 6.45) is 0.461. The van der Waals surface area contributed by atoms with Gasteiger partial charge in [-0.25, -0.2) is 13.4 Å². The highest BCUT2D eigenvalue weighted by atomic mass is 32.2. The van der Waals surface area contributed by atoms with Gasteiger partial charge in [-0.05, 0) is 41.8 Å². The minimum Gasteiger partial charge on any atom is -0.319 e. The summed E-state index contributed by atoms with van der Waals surface area (Å²) in [6, 6.07) is 35.4. The zero-order valence-electron chi connectivity index (χ0n) is 18.6. The van der Waals surface area contributed by atoms with Gasteiger partial charge in [-0.3, -0.25) is 4.72 Å². The van der Waals surface area contributed by atoms with Crippen LogP contribution in [-0.2, 0) is 23.0 Å². The van der Waals surface area contributed by atoms with Crippen LogP contribution in [0.2, 0.25) is 0 Å². The van der Waals surface area contributed by atoms with Gasteiger partial charge in [0.15, 0.2) is 0 Å². The molecule has 0 radical (unpaired) electrons. The number of nitrogens with zero attached hydrogens (tertiary/aromatic N) is 2. The molecule has 0 bridgehead atoms. The molecule has 0 unspecified atom stereocenters. The van der Waals surface area contributed by atoms with E-state index in [4.69, 9.17) is 4.98 Å². The molecule has 0 saturated carbocycles. The maximum Gasteiger partial charge on any atom is 0.233 e. The Balaban J connectivity index is 1.44.